The topological polar surface area (TPSA) is 87.7 Å². The van der Waals surface area contributed by atoms with E-state index < -0.39 is 33.8 Å². The molecule has 0 aromatic heterocycles. The first-order valence-electron chi connectivity index (χ1n) is 9.96. The van der Waals surface area contributed by atoms with Gasteiger partial charge in [-0.05, 0) is 36.2 Å². The molecule has 1 aliphatic heterocycles. The fourth-order valence-electron chi connectivity index (χ4n) is 3.32. The average molecular weight is 472 g/mol. The first kappa shape index (κ1) is 24.0. The normalized spacial score (nSPS) is 16.4. The Morgan fingerprint density at radius 1 is 1.12 bits per heavy atom. The van der Waals surface area contributed by atoms with Gasteiger partial charge in [0.05, 0.1) is 29.7 Å². The van der Waals surface area contributed by atoms with Crippen LogP contribution in [0.25, 0.3) is 0 Å². The number of amides is 2. The molecule has 0 saturated carbocycles. The van der Waals surface area contributed by atoms with Crippen molar-refractivity contribution in [1.29, 1.82) is 0 Å². The van der Waals surface area contributed by atoms with Crippen molar-refractivity contribution in [3.8, 4) is 0 Å². The van der Waals surface area contributed by atoms with Gasteiger partial charge in [-0.15, -0.1) is 0 Å². The molecule has 0 unspecified atom stereocenters. The summed E-state index contributed by atoms with van der Waals surface area (Å²) in [6.07, 6.45) is -4.48. The molecule has 1 fully saturated rings. The summed E-state index contributed by atoms with van der Waals surface area (Å²) < 4.78 is 71.2. The van der Waals surface area contributed by atoms with Gasteiger partial charge in [-0.2, -0.15) is 17.5 Å². The van der Waals surface area contributed by atoms with E-state index in [0.717, 1.165) is 12.1 Å². The molecule has 2 aromatic rings. The third-order valence-electron chi connectivity index (χ3n) is 5.06. The van der Waals surface area contributed by atoms with Crippen LogP contribution in [-0.2, 0) is 27.5 Å². The number of carbonyl (C=O) groups is 1. The largest absolute Gasteiger partial charge is 0.416 e. The second kappa shape index (κ2) is 9.88. The highest BCUT2D eigenvalue weighted by Gasteiger charge is 2.31. The van der Waals surface area contributed by atoms with Gasteiger partial charge >= 0.3 is 12.2 Å². The lowest BCUT2D eigenvalue weighted by atomic mass is 10.1. The van der Waals surface area contributed by atoms with Crippen LogP contribution in [0.15, 0.2) is 53.4 Å². The number of nitrogens with one attached hydrogen (secondary N) is 2. The van der Waals surface area contributed by atoms with E-state index in [1.807, 2.05) is 0 Å². The molecular formula is C21H24F3N3O4S. The zero-order valence-electron chi connectivity index (χ0n) is 17.4. The molecule has 7 nitrogen and oxygen atoms in total. The fourth-order valence-corrected chi connectivity index (χ4v) is 4.95. The molecule has 32 heavy (non-hydrogen) atoms. The maximum atomic E-state index is 13.0. The molecule has 3 rings (SSSR count). The molecule has 1 aliphatic rings. The van der Waals surface area contributed by atoms with E-state index in [2.05, 4.69) is 10.6 Å². The molecule has 174 valence electrons. The number of ether oxygens (including phenoxy) is 1. The summed E-state index contributed by atoms with van der Waals surface area (Å²) in [5.74, 6) is 0. The lowest BCUT2D eigenvalue weighted by Crippen LogP contribution is -2.41. The molecule has 0 spiro atoms. The van der Waals surface area contributed by atoms with Gasteiger partial charge in [0.1, 0.15) is 0 Å². The Balaban J connectivity index is 1.66. The van der Waals surface area contributed by atoms with Crippen molar-refractivity contribution in [2.75, 3.05) is 26.3 Å². The number of sulfonamides is 1. The summed E-state index contributed by atoms with van der Waals surface area (Å²) in [6, 6.07) is 9.74. The number of urea groups is 1. The van der Waals surface area contributed by atoms with Gasteiger partial charge in [-0.1, -0.05) is 30.3 Å². The van der Waals surface area contributed by atoms with Crippen LogP contribution in [0.5, 0.6) is 0 Å². The van der Waals surface area contributed by atoms with Crippen molar-refractivity contribution in [2.24, 2.45) is 0 Å². The number of nitrogens with zero attached hydrogens (tertiary/aromatic N) is 1. The Morgan fingerprint density at radius 2 is 1.81 bits per heavy atom. The van der Waals surface area contributed by atoms with Crippen molar-refractivity contribution in [3.05, 3.63) is 65.2 Å². The number of morpholine rings is 1. The van der Waals surface area contributed by atoms with Crippen LogP contribution >= 0.6 is 0 Å². The number of hydrogen-bond acceptors (Lipinski definition) is 4. The predicted octanol–water partition coefficient (Wildman–Crippen LogP) is 3.29. The van der Waals surface area contributed by atoms with Gasteiger partial charge < -0.3 is 15.4 Å². The molecule has 0 radical (unpaired) electrons. The maximum absolute atomic E-state index is 13.0. The van der Waals surface area contributed by atoms with E-state index in [1.165, 1.54) is 22.5 Å². The lowest BCUT2D eigenvalue weighted by molar-refractivity contribution is -0.137. The summed E-state index contributed by atoms with van der Waals surface area (Å²) in [6.45, 7) is 2.62. The molecule has 1 atom stereocenters. The molecule has 2 aromatic carbocycles. The lowest BCUT2D eigenvalue weighted by Gasteiger charge is -2.27. The monoisotopic (exact) mass is 471 g/mol. The molecule has 1 heterocycles. The summed E-state index contributed by atoms with van der Waals surface area (Å²) >= 11 is 0. The Bertz CT molecular complexity index is 1050. The van der Waals surface area contributed by atoms with Crippen molar-refractivity contribution in [1.82, 2.24) is 14.9 Å². The number of alkyl halides is 3. The first-order valence-corrected chi connectivity index (χ1v) is 11.4. The Kier molecular flexibility index (Phi) is 7.42. The van der Waals surface area contributed by atoms with Gasteiger partial charge in [-0.25, -0.2) is 13.2 Å². The van der Waals surface area contributed by atoms with Crippen molar-refractivity contribution >= 4 is 16.1 Å². The molecule has 1 saturated heterocycles. The van der Waals surface area contributed by atoms with Crippen LogP contribution in [0.4, 0.5) is 18.0 Å². The van der Waals surface area contributed by atoms with Gasteiger partial charge in [0, 0.05) is 19.6 Å². The summed E-state index contributed by atoms with van der Waals surface area (Å²) in [4.78, 5) is 12.4. The van der Waals surface area contributed by atoms with E-state index in [0.29, 0.717) is 24.3 Å². The highest BCUT2D eigenvalue weighted by atomic mass is 32.2. The van der Waals surface area contributed by atoms with Crippen molar-refractivity contribution in [3.63, 3.8) is 0 Å². The smallest absolute Gasteiger partial charge is 0.379 e. The summed E-state index contributed by atoms with van der Waals surface area (Å²) in [7, 11) is -3.75. The van der Waals surface area contributed by atoms with Crippen LogP contribution in [0.3, 0.4) is 0 Å². The van der Waals surface area contributed by atoms with Crippen molar-refractivity contribution < 1.29 is 31.1 Å². The van der Waals surface area contributed by atoms with Gasteiger partial charge in [0.2, 0.25) is 10.0 Å². The highest BCUT2D eigenvalue weighted by molar-refractivity contribution is 7.89. The van der Waals surface area contributed by atoms with E-state index in [-0.39, 0.29) is 24.5 Å². The Hall–Kier alpha value is -2.63. The van der Waals surface area contributed by atoms with Crippen LogP contribution in [-0.4, -0.2) is 45.1 Å². The number of halogens is 3. The molecular weight excluding hydrogens is 447 g/mol. The van der Waals surface area contributed by atoms with Crippen LogP contribution in [0.2, 0.25) is 0 Å². The minimum atomic E-state index is -4.48. The SMILES string of the molecule is C[C@@H](NC(=O)NCc1ccccc1S(=O)(=O)N1CCOCC1)c1cccc(C(F)(F)F)c1. The second-order valence-corrected chi connectivity index (χ2v) is 9.20. The zero-order chi connectivity index (χ0) is 23.4. The van der Waals surface area contributed by atoms with Gasteiger partial charge in [0.15, 0.2) is 0 Å². The fraction of sp³-hybridized carbons (Fsp3) is 0.381. The first-order chi connectivity index (χ1) is 15.1. The van der Waals surface area contributed by atoms with Gasteiger partial charge in [0.25, 0.3) is 0 Å². The van der Waals surface area contributed by atoms with Crippen LogP contribution in [0, 0.1) is 0 Å². The molecule has 0 aliphatic carbocycles. The van der Waals surface area contributed by atoms with Crippen molar-refractivity contribution in [2.45, 2.75) is 30.6 Å². The average Bonchev–Trinajstić information content (AvgIpc) is 2.78. The zero-order valence-corrected chi connectivity index (χ0v) is 18.2. The number of hydrogen-bond donors (Lipinski definition) is 2. The third kappa shape index (κ3) is 5.78. The Labute approximate surface area is 184 Å². The second-order valence-electron chi connectivity index (χ2n) is 7.30. The summed E-state index contributed by atoms with van der Waals surface area (Å²) in [5.41, 5.74) is -0.0996. The minimum absolute atomic E-state index is 0.0686. The molecule has 0 bridgehead atoms. The standard InChI is InChI=1S/C21H24F3N3O4S/c1-15(16-6-4-7-18(13-16)21(22,23)24)26-20(28)25-14-17-5-2-3-8-19(17)32(29,30)27-9-11-31-12-10-27/h2-8,13,15H,9-12,14H2,1H3,(H2,25,26,28)/t15-/m1/s1. The molecule has 2 N–H and O–H groups in total. The van der Waals surface area contributed by atoms with Gasteiger partial charge in [-0.3, -0.25) is 0 Å². The number of carbonyl (C=O) groups excluding carboxylic acids is 1. The van der Waals surface area contributed by atoms with E-state index >= 15 is 0 Å². The third-order valence-corrected chi connectivity index (χ3v) is 7.06. The molecule has 11 heteroatoms. The minimum Gasteiger partial charge on any atom is -0.379 e. The summed E-state index contributed by atoms with van der Waals surface area (Å²) in [5, 5.41) is 5.15. The Morgan fingerprint density at radius 3 is 2.50 bits per heavy atom. The maximum Gasteiger partial charge on any atom is 0.416 e. The van der Waals surface area contributed by atoms with Crippen LogP contribution < -0.4 is 10.6 Å². The number of rotatable bonds is 6. The van der Waals surface area contributed by atoms with E-state index in [1.54, 1.807) is 25.1 Å². The van der Waals surface area contributed by atoms with E-state index in [9.17, 15) is 26.4 Å². The van der Waals surface area contributed by atoms with E-state index in [4.69, 9.17) is 4.74 Å². The highest BCUT2D eigenvalue weighted by Crippen LogP contribution is 2.30. The quantitative estimate of drug-likeness (QED) is 0.677. The molecule has 2 amide bonds. The van der Waals surface area contributed by atoms with Crippen LogP contribution in [0.1, 0.15) is 29.7 Å². The predicted molar refractivity (Wildman–Crippen MR) is 111 cm³/mol. The number of benzene rings is 2.